The van der Waals surface area contributed by atoms with Crippen LogP contribution in [0.3, 0.4) is 0 Å². The summed E-state index contributed by atoms with van der Waals surface area (Å²) in [6.45, 7) is 15.0. The normalized spacial score (nSPS) is 20.9. The molecule has 1 heterocycles. The van der Waals surface area contributed by atoms with Crippen LogP contribution in [0.5, 0.6) is 0 Å². The molecule has 1 saturated heterocycles. The van der Waals surface area contributed by atoms with Crippen LogP contribution >= 0.6 is 0 Å². The third-order valence-corrected chi connectivity index (χ3v) is 4.49. The topological polar surface area (TPSA) is 24.9 Å². The van der Waals surface area contributed by atoms with Gasteiger partial charge in [0.1, 0.15) is 0 Å². The molecule has 0 aromatic rings. The van der Waals surface area contributed by atoms with Gasteiger partial charge in [-0.1, -0.05) is 20.8 Å². The summed E-state index contributed by atoms with van der Waals surface area (Å²) in [5.41, 5.74) is 0. The highest BCUT2D eigenvalue weighted by atomic mass is 16.5. The molecule has 2 unspecified atom stereocenters. The largest absolute Gasteiger partial charge is 0.376 e. The van der Waals surface area contributed by atoms with E-state index in [-0.39, 0.29) is 6.10 Å². The fourth-order valence-electron chi connectivity index (χ4n) is 2.60. The molecular formula is C17H36N2O2. The van der Waals surface area contributed by atoms with Gasteiger partial charge in [0.2, 0.25) is 0 Å². The second-order valence-corrected chi connectivity index (χ2v) is 6.35. The number of likely N-dealkylation sites (N-methyl/N-ethyl adjacent to an activating group) is 1. The average Bonchev–Trinajstić information content (AvgIpc) is 2.51. The molecule has 21 heavy (non-hydrogen) atoms. The Bertz CT molecular complexity index is 251. The Kier molecular flexibility index (Phi) is 9.49. The predicted octanol–water partition coefficient (Wildman–Crippen LogP) is 2.62. The number of hydrogen-bond acceptors (Lipinski definition) is 4. The van der Waals surface area contributed by atoms with Gasteiger partial charge in [-0.2, -0.15) is 0 Å². The van der Waals surface area contributed by atoms with Gasteiger partial charge in [-0.15, -0.1) is 0 Å². The molecule has 0 radical (unpaired) electrons. The molecule has 0 bridgehead atoms. The predicted molar refractivity (Wildman–Crippen MR) is 88.9 cm³/mol. The van der Waals surface area contributed by atoms with Crippen LogP contribution in [-0.4, -0.2) is 74.5 Å². The quantitative estimate of drug-likeness (QED) is 0.619. The molecule has 126 valence electrons. The van der Waals surface area contributed by atoms with Crippen LogP contribution in [0, 0.1) is 0 Å². The van der Waals surface area contributed by atoms with E-state index in [1.54, 1.807) is 0 Å². The Labute approximate surface area is 131 Å². The van der Waals surface area contributed by atoms with Crippen molar-refractivity contribution in [1.29, 1.82) is 0 Å². The minimum Gasteiger partial charge on any atom is -0.376 e. The van der Waals surface area contributed by atoms with Crippen LogP contribution < -0.4 is 0 Å². The van der Waals surface area contributed by atoms with Crippen LogP contribution in [0.1, 0.15) is 47.0 Å². The molecule has 0 saturated carbocycles. The van der Waals surface area contributed by atoms with Gasteiger partial charge in [-0.3, -0.25) is 4.90 Å². The number of hydrogen-bond donors (Lipinski definition) is 0. The molecule has 0 amide bonds. The molecule has 2 atom stereocenters. The van der Waals surface area contributed by atoms with Gasteiger partial charge >= 0.3 is 0 Å². The first kappa shape index (κ1) is 18.9. The molecule has 1 aliphatic rings. The number of rotatable bonds is 10. The highest BCUT2D eigenvalue weighted by Gasteiger charge is 2.21. The van der Waals surface area contributed by atoms with Crippen molar-refractivity contribution in [2.45, 2.75) is 65.3 Å². The van der Waals surface area contributed by atoms with Crippen molar-refractivity contribution in [1.82, 2.24) is 9.80 Å². The zero-order valence-corrected chi connectivity index (χ0v) is 14.8. The van der Waals surface area contributed by atoms with Crippen LogP contribution in [0.4, 0.5) is 0 Å². The smallest absolute Gasteiger partial charge is 0.0938 e. The van der Waals surface area contributed by atoms with Crippen LogP contribution in [0.2, 0.25) is 0 Å². The lowest BCUT2D eigenvalue weighted by Crippen LogP contribution is -2.48. The summed E-state index contributed by atoms with van der Waals surface area (Å²) in [5.74, 6) is 0. The van der Waals surface area contributed by atoms with Gasteiger partial charge in [0.25, 0.3) is 0 Å². The molecule has 0 spiro atoms. The summed E-state index contributed by atoms with van der Waals surface area (Å²) in [6, 6.07) is 0. The summed E-state index contributed by atoms with van der Waals surface area (Å²) < 4.78 is 12.2. The van der Waals surface area contributed by atoms with Crippen molar-refractivity contribution in [3.63, 3.8) is 0 Å². The monoisotopic (exact) mass is 300 g/mol. The van der Waals surface area contributed by atoms with Crippen molar-refractivity contribution in [2.24, 2.45) is 0 Å². The van der Waals surface area contributed by atoms with E-state index in [4.69, 9.17) is 9.47 Å². The maximum atomic E-state index is 6.29. The molecule has 1 rings (SSSR count). The van der Waals surface area contributed by atoms with E-state index < -0.39 is 0 Å². The fraction of sp³-hybridized carbons (Fsp3) is 1.00. The lowest BCUT2D eigenvalue weighted by atomic mass is 10.2. The number of ether oxygens (including phenoxy) is 2. The summed E-state index contributed by atoms with van der Waals surface area (Å²) in [6.07, 6.45) is 4.12. The van der Waals surface area contributed by atoms with Gasteiger partial charge in [-0.05, 0) is 33.2 Å². The zero-order valence-electron chi connectivity index (χ0n) is 14.8. The Balaban J connectivity index is 2.45. The summed E-state index contributed by atoms with van der Waals surface area (Å²) in [5, 5.41) is 0. The standard InChI is InChI=1S/C17H36N2O2/c1-6-15(4)20-14-17(21-16(7-2)8-3)13-19-11-9-18(5)10-12-19/h15-17H,6-14H2,1-5H3. The second-order valence-electron chi connectivity index (χ2n) is 6.35. The molecule has 4 heteroatoms. The lowest BCUT2D eigenvalue weighted by Gasteiger charge is -2.35. The highest BCUT2D eigenvalue weighted by molar-refractivity contribution is 4.74. The van der Waals surface area contributed by atoms with E-state index in [9.17, 15) is 0 Å². The minimum atomic E-state index is 0.201. The van der Waals surface area contributed by atoms with E-state index in [0.717, 1.165) is 58.6 Å². The number of piperazine rings is 1. The third-order valence-electron chi connectivity index (χ3n) is 4.49. The Morgan fingerprint density at radius 1 is 0.905 bits per heavy atom. The summed E-state index contributed by atoms with van der Waals surface area (Å²) >= 11 is 0. The first-order valence-corrected chi connectivity index (χ1v) is 8.76. The van der Waals surface area contributed by atoms with Crippen molar-refractivity contribution < 1.29 is 9.47 Å². The van der Waals surface area contributed by atoms with Gasteiger partial charge in [0.05, 0.1) is 24.9 Å². The molecule has 1 fully saturated rings. The molecule has 0 aliphatic carbocycles. The van der Waals surface area contributed by atoms with Crippen molar-refractivity contribution in [3.05, 3.63) is 0 Å². The Morgan fingerprint density at radius 3 is 2.05 bits per heavy atom. The zero-order chi connectivity index (χ0) is 15.7. The van der Waals surface area contributed by atoms with Crippen molar-refractivity contribution in [2.75, 3.05) is 46.4 Å². The first-order chi connectivity index (χ1) is 10.1. The van der Waals surface area contributed by atoms with Gasteiger partial charge in [0, 0.05) is 32.7 Å². The summed E-state index contributed by atoms with van der Waals surface area (Å²) in [4.78, 5) is 4.91. The molecule has 0 aromatic heterocycles. The highest BCUT2D eigenvalue weighted by Crippen LogP contribution is 2.11. The fourth-order valence-corrected chi connectivity index (χ4v) is 2.60. The van der Waals surface area contributed by atoms with E-state index in [1.807, 2.05) is 0 Å². The SMILES string of the molecule is CCC(C)OCC(CN1CCN(C)CC1)OC(CC)CC. The molecule has 4 nitrogen and oxygen atoms in total. The van der Waals surface area contributed by atoms with Crippen molar-refractivity contribution >= 4 is 0 Å². The Morgan fingerprint density at radius 2 is 1.52 bits per heavy atom. The van der Waals surface area contributed by atoms with Gasteiger partial charge < -0.3 is 14.4 Å². The maximum Gasteiger partial charge on any atom is 0.0938 e. The van der Waals surface area contributed by atoms with Crippen molar-refractivity contribution in [3.8, 4) is 0 Å². The molecule has 0 N–H and O–H groups in total. The van der Waals surface area contributed by atoms with E-state index in [2.05, 4.69) is 44.5 Å². The maximum absolute atomic E-state index is 6.29. The van der Waals surface area contributed by atoms with Crippen LogP contribution in [0.15, 0.2) is 0 Å². The second kappa shape index (κ2) is 10.5. The van der Waals surface area contributed by atoms with Crippen LogP contribution in [0.25, 0.3) is 0 Å². The van der Waals surface area contributed by atoms with Gasteiger partial charge in [0.15, 0.2) is 0 Å². The summed E-state index contributed by atoms with van der Waals surface area (Å²) in [7, 11) is 2.20. The third kappa shape index (κ3) is 7.59. The van der Waals surface area contributed by atoms with E-state index in [1.165, 1.54) is 0 Å². The molecule has 1 aliphatic heterocycles. The molecule has 0 aromatic carbocycles. The van der Waals surface area contributed by atoms with Crippen LogP contribution in [-0.2, 0) is 9.47 Å². The van der Waals surface area contributed by atoms with E-state index >= 15 is 0 Å². The average molecular weight is 300 g/mol. The minimum absolute atomic E-state index is 0.201. The Hall–Kier alpha value is -0.160. The first-order valence-electron chi connectivity index (χ1n) is 8.76. The van der Waals surface area contributed by atoms with E-state index in [0.29, 0.717) is 12.2 Å². The lowest BCUT2D eigenvalue weighted by molar-refractivity contribution is -0.0872. The molecular weight excluding hydrogens is 264 g/mol. The number of nitrogens with zero attached hydrogens (tertiary/aromatic N) is 2. The van der Waals surface area contributed by atoms with Gasteiger partial charge in [-0.25, -0.2) is 0 Å².